The SMILES string of the molecule is CC(C(=O)O)S(=O)(=O)NCc1nn[nH]n1. The number of nitrogens with one attached hydrogen (secondary N) is 2. The maximum absolute atomic E-state index is 11.3. The molecule has 3 N–H and O–H groups in total. The Kier molecular flexibility index (Phi) is 3.31. The number of tetrazole rings is 1. The number of nitrogens with zero attached hydrogens (tertiary/aromatic N) is 3. The van der Waals surface area contributed by atoms with Crippen LogP contribution in [-0.4, -0.2) is 45.4 Å². The van der Waals surface area contributed by atoms with Gasteiger partial charge in [0.25, 0.3) is 0 Å². The molecule has 1 aromatic heterocycles. The minimum absolute atomic E-state index is 0.135. The summed E-state index contributed by atoms with van der Waals surface area (Å²) < 4.78 is 24.6. The van der Waals surface area contributed by atoms with E-state index in [4.69, 9.17) is 5.11 Å². The van der Waals surface area contributed by atoms with Gasteiger partial charge in [-0.25, -0.2) is 13.1 Å². The van der Waals surface area contributed by atoms with Gasteiger partial charge >= 0.3 is 5.97 Å². The summed E-state index contributed by atoms with van der Waals surface area (Å²) in [6.45, 7) is 0.872. The van der Waals surface area contributed by atoms with Gasteiger partial charge in [0.15, 0.2) is 11.1 Å². The molecule has 1 unspecified atom stereocenters. The van der Waals surface area contributed by atoms with Gasteiger partial charge in [-0.1, -0.05) is 5.21 Å². The molecule has 0 aliphatic rings. The molecule has 0 radical (unpaired) electrons. The van der Waals surface area contributed by atoms with Crippen LogP contribution in [0.25, 0.3) is 0 Å². The lowest BCUT2D eigenvalue weighted by Crippen LogP contribution is -2.37. The van der Waals surface area contributed by atoms with Crippen molar-refractivity contribution in [2.75, 3.05) is 0 Å². The number of aromatic nitrogens is 4. The molecule has 0 fully saturated rings. The van der Waals surface area contributed by atoms with Gasteiger partial charge in [0.05, 0.1) is 6.54 Å². The molecule has 1 heterocycles. The topological polar surface area (TPSA) is 138 Å². The van der Waals surface area contributed by atoms with E-state index in [1.54, 1.807) is 0 Å². The van der Waals surface area contributed by atoms with E-state index >= 15 is 0 Å². The minimum atomic E-state index is -3.91. The molecule has 0 aliphatic heterocycles. The van der Waals surface area contributed by atoms with Crippen molar-refractivity contribution in [1.29, 1.82) is 0 Å². The maximum atomic E-state index is 11.3. The molecule has 0 spiro atoms. The van der Waals surface area contributed by atoms with Crippen LogP contribution in [0.5, 0.6) is 0 Å². The fourth-order valence-electron chi connectivity index (χ4n) is 0.680. The number of H-pyrrole nitrogens is 1. The predicted molar refractivity (Wildman–Crippen MR) is 47.0 cm³/mol. The number of aromatic amines is 1. The largest absolute Gasteiger partial charge is 0.480 e. The molecule has 0 saturated heterocycles. The highest BCUT2D eigenvalue weighted by Crippen LogP contribution is 1.99. The number of hydrogen-bond donors (Lipinski definition) is 3. The standard InChI is InChI=1S/C5H9N5O4S/c1-3(5(11)12)15(13,14)6-2-4-7-9-10-8-4/h3,6H,2H2,1H3,(H,11,12)(H,7,8,9,10). The third kappa shape index (κ3) is 2.95. The number of hydrogen-bond acceptors (Lipinski definition) is 6. The fourth-order valence-corrected chi connectivity index (χ4v) is 1.53. The summed E-state index contributed by atoms with van der Waals surface area (Å²) in [5, 5.41) is 19.3. The van der Waals surface area contributed by atoms with Gasteiger partial charge in [-0.3, -0.25) is 4.79 Å². The molecule has 9 nitrogen and oxygen atoms in total. The first kappa shape index (κ1) is 11.5. The molecule has 0 aromatic carbocycles. The minimum Gasteiger partial charge on any atom is -0.480 e. The van der Waals surface area contributed by atoms with Crippen LogP contribution in [0.1, 0.15) is 12.7 Å². The van der Waals surface area contributed by atoms with E-state index in [1.807, 2.05) is 4.72 Å². The normalized spacial score (nSPS) is 13.7. The molecule has 0 bridgehead atoms. The summed E-state index contributed by atoms with van der Waals surface area (Å²) in [5.74, 6) is -1.29. The van der Waals surface area contributed by atoms with Crippen LogP contribution in [0.15, 0.2) is 0 Å². The third-order valence-electron chi connectivity index (χ3n) is 1.63. The molecular formula is C5H9N5O4S. The summed E-state index contributed by atoms with van der Waals surface area (Å²) in [4.78, 5) is 10.4. The van der Waals surface area contributed by atoms with E-state index in [2.05, 4.69) is 20.6 Å². The van der Waals surface area contributed by atoms with Crippen LogP contribution < -0.4 is 4.72 Å². The summed E-state index contributed by atoms with van der Waals surface area (Å²) in [7, 11) is -3.91. The molecule has 0 aliphatic carbocycles. The molecule has 0 amide bonds. The Morgan fingerprint density at radius 1 is 1.67 bits per heavy atom. The van der Waals surface area contributed by atoms with Crippen molar-refractivity contribution >= 4 is 16.0 Å². The molecule has 15 heavy (non-hydrogen) atoms. The Hall–Kier alpha value is -1.55. The van der Waals surface area contributed by atoms with Gasteiger partial charge in [0.1, 0.15) is 0 Å². The van der Waals surface area contributed by atoms with Gasteiger partial charge in [0.2, 0.25) is 10.0 Å². The summed E-state index contributed by atoms with van der Waals surface area (Å²) in [5.41, 5.74) is 0. The van der Waals surface area contributed by atoms with E-state index in [-0.39, 0.29) is 12.4 Å². The first-order valence-electron chi connectivity index (χ1n) is 3.87. The highest BCUT2D eigenvalue weighted by molar-refractivity contribution is 7.90. The Bertz CT molecular complexity index is 426. The maximum Gasteiger partial charge on any atom is 0.323 e. The molecule has 1 rings (SSSR count). The van der Waals surface area contributed by atoms with Crippen molar-refractivity contribution in [1.82, 2.24) is 25.3 Å². The van der Waals surface area contributed by atoms with Crippen molar-refractivity contribution in [3.63, 3.8) is 0 Å². The summed E-state index contributed by atoms with van der Waals surface area (Å²) in [6.07, 6.45) is 0. The average Bonchev–Trinajstić information content (AvgIpc) is 2.66. The smallest absolute Gasteiger partial charge is 0.323 e. The van der Waals surface area contributed by atoms with Crippen molar-refractivity contribution in [2.45, 2.75) is 18.7 Å². The Morgan fingerprint density at radius 3 is 2.80 bits per heavy atom. The van der Waals surface area contributed by atoms with Gasteiger partial charge in [-0.05, 0) is 6.92 Å². The number of carboxylic acids is 1. The second-order valence-corrected chi connectivity index (χ2v) is 4.76. The number of carbonyl (C=O) groups is 1. The highest BCUT2D eigenvalue weighted by atomic mass is 32.2. The number of carboxylic acid groups (broad SMARTS) is 1. The van der Waals surface area contributed by atoms with Crippen LogP contribution in [-0.2, 0) is 21.4 Å². The number of aliphatic carboxylic acids is 1. The summed E-state index contributed by atoms with van der Waals surface area (Å²) >= 11 is 0. The molecule has 1 atom stereocenters. The van der Waals surface area contributed by atoms with Crippen LogP contribution >= 0.6 is 0 Å². The molecule has 84 valence electrons. The first-order chi connectivity index (χ1) is 6.93. The van der Waals surface area contributed by atoms with Crippen molar-refractivity contribution in [2.24, 2.45) is 0 Å². The van der Waals surface area contributed by atoms with E-state index in [0.717, 1.165) is 6.92 Å². The molecule has 0 saturated carbocycles. The third-order valence-corrected chi connectivity index (χ3v) is 3.31. The quantitative estimate of drug-likeness (QED) is 0.541. The fraction of sp³-hybridized carbons (Fsp3) is 0.600. The van der Waals surface area contributed by atoms with Gasteiger partial charge < -0.3 is 5.11 Å². The Balaban J connectivity index is 2.62. The second-order valence-electron chi connectivity index (χ2n) is 2.67. The van der Waals surface area contributed by atoms with E-state index < -0.39 is 21.2 Å². The molecular weight excluding hydrogens is 226 g/mol. The molecule has 10 heteroatoms. The zero-order chi connectivity index (χ0) is 11.5. The molecule has 1 aromatic rings. The lowest BCUT2D eigenvalue weighted by molar-refractivity contribution is -0.136. The number of sulfonamides is 1. The van der Waals surface area contributed by atoms with Crippen LogP contribution in [0.2, 0.25) is 0 Å². The van der Waals surface area contributed by atoms with Crippen LogP contribution in [0.4, 0.5) is 0 Å². The van der Waals surface area contributed by atoms with Gasteiger partial charge in [-0.2, -0.15) is 5.21 Å². The number of rotatable bonds is 5. The van der Waals surface area contributed by atoms with E-state index in [1.165, 1.54) is 0 Å². The van der Waals surface area contributed by atoms with E-state index in [9.17, 15) is 13.2 Å². The van der Waals surface area contributed by atoms with Crippen LogP contribution in [0.3, 0.4) is 0 Å². The zero-order valence-electron chi connectivity index (χ0n) is 7.71. The van der Waals surface area contributed by atoms with Crippen molar-refractivity contribution in [3.8, 4) is 0 Å². The average molecular weight is 235 g/mol. The van der Waals surface area contributed by atoms with Crippen LogP contribution in [0, 0.1) is 0 Å². The monoisotopic (exact) mass is 235 g/mol. The van der Waals surface area contributed by atoms with Crippen molar-refractivity contribution in [3.05, 3.63) is 5.82 Å². The predicted octanol–water partition coefficient (Wildman–Crippen LogP) is -1.91. The highest BCUT2D eigenvalue weighted by Gasteiger charge is 2.27. The second kappa shape index (κ2) is 4.31. The summed E-state index contributed by atoms with van der Waals surface area (Å²) in [6, 6.07) is 0. The van der Waals surface area contributed by atoms with Gasteiger partial charge in [-0.15, -0.1) is 10.2 Å². The Labute approximate surface area is 84.9 Å². The van der Waals surface area contributed by atoms with Crippen molar-refractivity contribution < 1.29 is 18.3 Å². The zero-order valence-corrected chi connectivity index (χ0v) is 8.52. The van der Waals surface area contributed by atoms with Gasteiger partial charge in [0, 0.05) is 0 Å². The lowest BCUT2D eigenvalue weighted by atomic mass is 10.5. The Morgan fingerprint density at radius 2 is 2.33 bits per heavy atom. The first-order valence-corrected chi connectivity index (χ1v) is 5.41. The van der Waals surface area contributed by atoms with E-state index in [0.29, 0.717) is 0 Å². The lowest BCUT2D eigenvalue weighted by Gasteiger charge is -2.07.